The lowest BCUT2D eigenvalue weighted by molar-refractivity contribution is -0.120. The van der Waals surface area contributed by atoms with Crippen molar-refractivity contribution in [1.29, 1.82) is 0 Å². The zero-order chi connectivity index (χ0) is 12.7. The highest BCUT2D eigenvalue weighted by atomic mass is 16.2. The highest BCUT2D eigenvalue weighted by molar-refractivity contribution is 6.05. The molecule has 1 aliphatic rings. The molecule has 3 rings (SSSR count). The minimum atomic E-state index is -0.400. The molecule has 7 heteroatoms. The van der Waals surface area contributed by atoms with Gasteiger partial charge in [0.05, 0.1) is 5.52 Å². The number of hydrogen-bond donors (Lipinski definition) is 2. The van der Waals surface area contributed by atoms with Crippen LogP contribution in [0.1, 0.15) is 6.42 Å². The molecule has 2 aromatic rings. The molecule has 0 aromatic carbocycles. The van der Waals surface area contributed by atoms with Gasteiger partial charge >= 0.3 is 6.03 Å². The molecule has 0 unspecified atom stereocenters. The maximum absolute atomic E-state index is 11.7. The fraction of sp³-hybridized carbons (Fsp3) is 0.182. The molecule has 3 N–H and O–H groups in total. The maximum atomic E-state index is 11.7. The zero-order valence-electron chi connectivity index (χ0n) is 9.46. The van der Waals surface area contributed by atoms with Crippen molar-refractivity contribution >= 4 is 29.0 Å². The van der Waals surface area contributed by atoms with Crippen LogP contribution < -0.4 is 16.0 Å². The number of nitrogen functional groups attached to an aromatic ring is 1. The summed E-state index contributed by atoms with van der Waals surface area (Å²) in [5, 5.41) is 6.33. The number of nitrogens with one attached hydrogen (secondary N) is 1. The lowest BCUT2D eigenvalue weighted by atomic mass is 10.2. The first-order chi connectivity index (χ1) is 8.63. The molecule has 0 bridgehead atoms. The van der Waals surface area contributed by atoms with E-state index in [0.29, 0.717) is 24.5 Å². The van der Waals surface area contributed by atoms with E-state index in [0.717, 1.165) is 5.52 Å². The van der Waals surface area contributed by atoms with E-state index in [1.54, 1.807) is 28.9 Å². The van der Waals surface area contributed by atoms with E-state index >= 15 is 0 Å². The van der Waals surface area contributed by atoms with E-state index in [1.165, 1.54) is 4.90 Å². The number of imide groups is 1. The molecule has 0 saturated carbocycles. The monoisotopic (exact) mass is 245 g/mol. The number of amides is 3. The van der Waals surface area contributed by atoms with E-state index in [-0.39, 0.29) is 5.91 Å². The van der Waals surface area contributed by atoms with Crippen LogP contribution in [0.3, 0.4) is 0 Å². The Morgan fingerprint density at radius 2 is 2.17 bits per heavy atom. The van der Waals surface area contributed by atoms with Crippen LogP contribution in [0.25, 0.3) is 5.52 Å². The zero-order valence-corrected chi connectivity index (χ0v) is 9.46. The van der Waals surface area contributed by atoms with Gasteiger partial charge in [-0.3, -0.25) is 15.0 Å². The molecule has 0 aliphatic carbocycles. The Morgan fingerprint density at radius 3 is 2.94 bits per heavy atom. The first-order valence-corrected chi connectivity index (χ1v) is 5.50. The van der Waals surface area contributed by atoms with Crippen LogP contribution >= 0.6 is 0 Å². The van der Waals surface area contributed by atoms with E-state index in [4.69, 9.17) is 5.73 Å². The molecule has 1 saturated heterocycles. The van der Waals surface area contributed by atoms with E-state index in [1.807, 2.05) is 0 Å². The molecule has 3 heterocycles. The molecule has 92 valence electrons. The molecule has 2 aromatic heterocycles. The molecule has 0 spiro atoms. The van der Waals surface area contributed by atoms with Crippen molar-refractivity contribution in [3.63, 3.8) is 0 Å². The standard InChI is InChI=1S/C11H11N5O2/c12-9-6-8-5-7(1-4-16(8)14-9)15-3-2-10(17)13-11(15)18/h1,4-6H,2-3H2,(H2,12,14)(H,13,17,18). The second kappa shape index (κ2) is 3.73. The molecule has 0 radical (unpaired) electrons. The number of hydrogen-bond acceptors (Lipinski definition) is 4. The molecule has 1 fully saturated rings. The average Bonchev–Trinajstić information content (AvgIpc) is 2.68. The van der Waals surface area contributed by atoms with Gasteiger partial charge in [-0.25, -0.2) is 9.31 Å². The van der Waals surface area contributed by atoms with Gasteiger partial charge in [-0.1, -0.05) is 0 Å². The summed E-state index contributed by atoms with van der Waals surface area (Å²) in [6, 6.07) is 4.88. The quantitative estimate of drug-likeness (QED) is 0.758. The van der Waals surface area contributed by atoms with E-state index in [9.17, 15) is 9.59 Å². The number of nitrogens with two attached hydrogens (primary N) is 1. The van der Waals surface area contributed by atoms with Crippen molar-refractivity contribution in [2.45, 2.75) is 6.42 Å². The summed E-state index contributed by atoms with van der Waals surface area (Å²) in [6.07, 6.45) is 2.03. The van der Waals surface area contributed by atoms with Gasteiger partial charge in [-0.15, -0.1) is 0 Å². The van der Waals surface area contributed by atoms with Crippen LogP contribution in [0, 0.1) is 0 Å². The van der Waals surface area contributed by atoms with Crippen LogP contribution in [0.4, 0.5) is 16.3 Å². The Bertz CT molecular complexity index is 648. The number of carbonyl (C=O) groups excluding carboxylic acids is 2. The van der Waals surface area contributed by atoms with Crippen molar-refractivity contribution < 1.29 is 9.59 Å². The summed E-state index contributed by atoms with van der Waals surface area (Å²) < 4.78 is 1.63. The highest BCUT2D eigenvalue weighted by Crippen LogP contribution is 2.20. The number of urea groups is 1. The summed E-state index contributed by atoms with van der Waals surface area (Å²) in [7, 11) is 0. The fourth-order valence-corrected chi connectivity index (χ4v) is 1.98. The maximum Gasteiger partial charge on any atom is 0.328 e. The Morgan fingerprint density at radius 1 is 1.33 bits per heavy atom. The van der Waals surface area contributed by atoms with Gasteiger partial charge in [0.1, 0.15) is 5.82 Å². The fourth-order valence-electron chi connectivity index (χ4n) is 1.98. The van der Waals surface area contributed by atoms with Gasteiger partial charge in [-0.05, 0) is 12.1 Å². The van der Waals surface area contributed by atoms with Crippen molar-refractivity contribution in [3.8, 4) is 0 Å². The second-order valence-electron chi connectivity index (χ2n) is 4.08. The number of nitrogens with zero attached hydrogens (tertiary/aromatic N) is 3. The predicted octanol–water partition coefficient (Wildman–Crippen LogP) is 0.363. The van der Waals surface area contributed by atoms with Crippen molar-refractivity contribution in [1.82, 2.24) is 14.9 Å². The topological polar surface area (TPSA) is 92.7 Å². The normalized spacial score (nSPS) is 16.1. The Kier molecular flexibility index (Phi) is 2.19. The van der Waals surface area contributed by atoms with Gasteiger partial charge in [0, 0.05) is 30.9 Å². The molecule has 3 amide bonds. The minimum Gasteiger partial charge on any atom is -0.382 e. The molecule has 1 aliphatic heterocycles. The number of pyridine rings is 1. The van der Waals surface area contributed by atoms with Crippen LogP contribution in [0.15, 0.2) is 24.4 Å². The van der Waals surface area contributed by atoms with Crippen molar-refractivity contribution in [2.75, 3.05) is 17.2 Å². The Labute approximate surface area is 102 Å². The summed E-state index contributed by atoms with van der Waals surface area (Å²) in [5.41, 5.74) is 7.11. The molecular formula is C11H11N5O2. The first kappa shape index (κ1) is 10.6. The van der Waals surface area contributed by atoms with E-state index < -0.39 is 6.03 Å². The summed E-state index contributed by atoms with van der Waals surface area (Å²) in [6.45, 7) is 0.379. The molecule has 0 atom stereocenters. The van der Waals surface area contributed by atoms with E-state index in [2.05, 4.69) is 10.4 Å². The first-order valence-electron chi connectivity index (χ1n) is 5.50. The van der Waals surface area contributed by atoms with Gasteiger partial charge in [0.25, 0.3) is 0 Å². The van der Waals surface area contributed by atoms with Crippen LogP contribution in [0.5, 0.6) is 0 Å². The van der Waals surface area contributed by atoms with Crippen LogP contribution in [0.2, 0.25) is 0 Å². The summed E-state index contributed by atoms with van der Waals surface area (Å²) in [4.78, 5) is 24.3. The average molecular weight is 245 g/mol. The Balaban J connectivity index is 1.98. The lowest BCUT2D eigenvalue weighted by Crippen LogP contribution is -2.49. The van der Waals surface area contributed by atoms with Crippen molar-refractivity contribution in [3.05, 3.63) is 24.4 Å². The van der Waals surface area contributed by atoms with Crippen LogP contribution in [-0.2, 0) is 4.79 Å². The third kappa shape index (κ3) is 1.65. The second-order valence-corrected chi connectivity index (χ2v) is 4.08. The highest BCUT2D eigenvalue weighted by Gasteiger charge is 2.24. The lowest BCUT2D eigenvalue weighted by Gasteiger charge is -2.26. The van der Waals surface area contributed by atoms with Crippen molar-refractivity contribution in [2.24, 2.45) is 0 Å². The number of fused-ring (bicyclic) bond motifs is 1. The predicted molar refractivity (Wildman–Crippen MR) is 65.1 cm³/mol. The number of anilines is 2. The number of carbonyl (C=O) groups is 2. The van der Waals surface area contributed by atoms with Gasteiger partial charge < -0.3 is 5.73 Å². The SMILES string of the molecule is Nc1cc2cc(N3CCC(=O)NC3=O)ccn2n1. The largest absolute Gasteiger partial charge is 0.382 e. The molecule has 18 heavy (non-hydrogen) atoms. The molecule has 7 nitrogen and oxygen atoms in total. The minimum absolute atomic E-state index is 0.245. The molecular weight excluding hydrogens is 234 g/mol. The number of rotatable bonds is 1. The smallest absolute Gasteiger partial charge is 0.328 e. The van der Waals surface area contributed by atoms with Crippen LogP contribution in [-0.4, -0.2) is 28.1 Å². The number of aromatic nitrogens is 2. The van der Waals surface area contributed by atoms with Gasteiger partial charge in [0.15, 0.2) is 0 Å². The summed E-state index contributed by atoms with van der Waals surface area (Å²) in [5.74, 6) is 0.177. The van der Waals surface area contributed by atoms with Gasteiger partial charge in [-0.2, -0.15) is 5.10 Å². The third-order valence-corrected chi connectivity index (χ3v) is 2.83. The third-order valence-electron chi connectivity index (χ3n) is 2.83. The summed E-state index contributed by atoms with van der Waals surface area (Å²) >= 11 is 0. The van der Waals surface area contributed by atoms with Gasteiger partial charge in [0.2, 0.25) is 5.91 Å². The Hall–Kier alpha value is -2.57.